The smallest absolute Gasteiger partial charge is 0.407 e. The highest BCUT2D eigenvalue weighted by molar-refractivity contribution is 7.09. The molecule has 1 aromatic carbocycles. The first-order valence-electron chi connectivity index (χ1n) is 5.66. The van der Waals surface area contributed by atoms with Crippen LogP contribution in [0.2, 0.25) is 0 Å². The van der Waals surface area contributed by atoms with Crippen LogP contribution in [0.15, 0.2) is 42.0 Å². The second kappa shape index (κ2) is 6.76. The number of nitrogens with zero attached hydrogens (tertiary/aromatic N) is 1. The first-order chi connectivity index (χ1) is 8.84. The first-order valence-corrected chi connectivity index (χ1v) is 6.54. The summed E-state index contributed by atoms with van der Waals surface area (Å²) in [6.45, 7) is 0.855. The van der Waals surface area contributed by atoms with E-state index in [1.807, 2.05) is 30.3 Å². The molecule has 0 aliphatic rings. The van der Waals surface area contributed by atoms with Gasteiger partial charge in [-0.05, 0) is 12.0 Å². The maximum Gasteiger partial charge on any atom is 0.407 e. The molecule has 18 heavy (non-hydrogen) atoms. The predicted octanol–water partition coefficient (Wildman–Crippen LogP) is 2.61. The Bertz CT molecular complexity index is 471. The van der Waals surface area contributed by atoms with Gasteiger partial charge in [-0.2, -0.15) is 0 Å². The lowest BCUT2D eigenvalue weighted by molar-refractivity contribution is 0.141. The van der Waals surface area contributed by atoms with Crippen LogP contribution in [0.3, 0.4) is 0 Å². The quantitative estimate of drug-likeness (QED) is 0.901. The summed E-state index contributed by atoms with van der Waals surface area (Å²) in [6, 6.07) is 10.0. The number of rotatable bonds is 5. The van der Waals surface area contributed by atoms with Crippen molar-refractivity contribution in [1.29, 1.82) is 0 Å². The number of carbonyl (C=O) groups excluding carboxylic acids is 1. The van der Waals surface area contributed by atoms with Gasteiger partial charge in [0.25, 0.3) is 0 Å². The molecular formula is C13H14N2O2S. The summed E-state index contributed by atoms with van der Waals surface area (Å²) in [5.41, 5.74) is 2.91. The molecule has 1 N–H and O–H groups in total. The molecular weight excluding hydrogens is 248 g/mol. The van der Waals surface area contributed by atoms with Gasteiger partial charge >= 0.3 is 6.09 Å². The zero-order valence-electron chi connectivity index (χ0n) is 9.83. The summed E-state index contributed by atoms with van der Waals surface area (Å²) in [5.74, 6) is 0. The van der Waals surface area contributed by atoms with Crippen molar-refractivity contribution in [2.75, 3.05) is 6.54 Å². The average Bonchev–Trinajstić information content (AvgIpc) is 2.91. The van der Waals surface area contributed by atoms with Gasteiger partial charge in [0.1, 0.15) is 6.61 Å². The molecule has 1 aromatic heterocycles. The largest absolute Gasteiger partial charge is 0.444 e. The average molecular weight is 262 g/mol. The number of ether oxygens (including phenoxy) is 1. The number of alkyl carbamates (subject to hydrolysis) is 1. The van der Waals surface area contributed by atoms with Crippen LogP contribution in [0.4, 0.5) is 4.79 Å². The van der Waals surface area contributed by atoms with Crippen LogP contribution in [0.25, 0.3) is 0 Å². The fourth-order valence-electron chi connectivity index (χ4n) is 1.45. The Morgan fingerprint density at radius 3 is 2.89 bits per heavy atom. The lowest BCUT2D eigenvalue weighted by Crippen LogP contribution is -2.26. The number of amides is 1. The molecule has 1 amide bonds. The summed E-state index contributed by atoms with van der Waals surface area (Å²) in [6.07, 6.45) is 2.11. The Hall–Kier alpha value is -1.88. The first kappa shape index (κ1) is 12.6. The summed E-state index contributed by atoms with van der Waals surface area (Å²) in [7, 11) is 0. The Morgan fingerprint density at radius 1 is 1.33 bits per heavy atom. The minimum absolute atomic E-state index is 0.280. The minimum Gasteiger partial charge on any atom is -0.444 e. The molecule has 0 saturated heterocycles. The van der Waals surface area contributed by atoms with Crippen molar-refractivity contribution in [3.63, 3.8) is 0 Å². The van der Waals surface area contributed by atoms with Crippen LogP contribution in [0.5, 0.6) is 0 Å². The fourth-order valence-corrected chi connectivity index (χ4v) is 1.96. The Balaban J connectivity index is 1.63. The van der Waals surface area contributed by atoms with E-state index >= 15 is 0 Å². The van der Waals surface area contributed by atoms with E-state index in [-0.39, 0.29) is 12.7 Å². The lowest BCUT2D eigenvalue weighted by Gasteiger charge is -2.05. The molecule has 4 nitrogen and oxygen atoms in total. The maximum absolute atomic E-state index is 11.4. The normalized spacial score (nSPS) is 10.0. The monoisotopic (exact) mass is 262 g/mol. The van der Waals surface area contributed by atoms with Crippen LogP contribution in [-0.4, -0.2) is 17.6 Å². The molecule has 2 rings (SSSR count). The molecule has 2 aromatic rings. The summed E-state index contributed by atoms with van der Waals surface area (Å²) < 4.78 is 5.04. The van der Waals surface area contributed by atoms with E-state index in [1.165, 1.54) is 16.9 Å². The van der Waals surface area contributed by atoms with Crippen LogP contribution >= 0.6 is 11.3 Å². The van der Waals surface area contributed by atoms with Crippen molar-refractivity contribution < 1.29 is 9.53 Å². The molecule has 0 unspecified atom stereocenters. The molecule has 0 fully saturated rings. The molecule has 94 valence electrons. The second-order valence-corrected chi connectivity index (χ2v) is 4.68. The van der Waals surface area contributed by atoms with E-state index < -0.39 is 0 Å². The Morgan fingerprint density at radius 2 is 2.17 bits per heavy atom. The van der Waals surface area contributed by atoms with Gasteiger partial charge in [-0.3, -0.25) is 4.98 Å². The Labute approximate surface area is 110 Å². The van der Waals surface area contributed by atoms with E-state index in [0.29, 0.717) is 6.54 Å². The predicted molar refractivity (Wildman–Crippen MR) is 70.4 cm³/mol. The fraction of sp³-hybridized carbons (Fsp3) is 0.231. The molecule has 0 atom stereocenters. The molecule has 0 radical (unpaired) electrons. The second-order valence-electron chi connectivity index (χ2n) is 3.71. The van der Waals surface area contributed by atoms with Crippen molar-refractivity contribution in [2.24, 2.45) is 0 Å². The molecule has 5 heteroatoms. The van der Waals surface area contributed by atoms with E-state index in [1.54, 1.807) is 11.7 Å². The SMILES string of the molecule is O=C(NCCc1ccccc1)OCc1cncs1. The number of nitrogens with one attached hydrogen (secondary N) is 1. The molecule has 0 saturated carbocycles. The van der Waals surface area contributed by atoms with Crippen molar-refractivity contribution in [3.8, 4) is 0 Å². The number of aromatic nitrogens is 1. The summed E-state index contributed by atoms with van der Waals surface area (Å²) in [5, 5.41) is 2.72. The number of carbonyl (C=O) groups is 1. The van der Waals surface area contributed by atoms with Gasteiger partial charge in [0.15, 0.2) is 0 Å². The number of hydrogen-bond donors (Lipinski definition) is 1. The minimum atomic E-state index is -0.390. The third-order valence-corrected chi connectivity index (χ3v) is 3.11. The van der Waals surface area contributed by atoms with Crippen molar-refractivity contribution in [2.45, 2.75) is 13.0 Å². The lowest BCUT2D eigenvalue weighted by atomic mass is 10.1. The molecule has 0 aliphatic carbocycles. The van der Waals surface area contributed by atoms with E-state index in [0.717, 1.165) is 11.3 Å². The van der Waals surface area contributed by atoms with Crippen molar-refractivity contribution in [3.05, 3.63) is 52.5 Å². The van der Waals surface area contributed by atoms with Crippen molar-refractivity contribution in [1.82, 2.24) is 10.3 Å². The topological polar surface area (TPSA) is 51.2 Å². The van der Waals surface area contributed by atoms with Gasteiger partial charge in [0, 0.05) is 12.7 Å². The van der Waals surface area contributed by atoms with E-state index in [4.69, 9.17) is 4.74 Å². The van der Waals surface area contributed by atoms with Crippen LogP contribution in [0, 0.1) is 0 Å². The third-order valence-electron chi connectivity index (χ3n) is 2.35. The zero-order valence-corrected chi connectivity index (χ0v) is 10.7. The zero-order chi connectivity index (χ0) is 12.6. The highest BCUT2D eigenvalue weighted by atomic mass is 32.1. The van der Waals surface area contributed by atoms with Gasteiger partial charge in [0.05, 0.1) is 10.4 Å². The number of hydrogen-bond acceptors (Lipinski definition) is 4. The standard InChI is InChI=1S/C13H14N2O2S/c16-13(17-9-12-8-14-10-18-12)15-7-6-11-4-2-1-3-5-11/h1-5,8,10H,6-7,9H2,(H,15,16). The maximum atomic E-state index is 11.4. The highest BCUT2D eigenvalue weighted by Gasteiger charge is 2.02. The van der Waals surface area contributed by atoms with Crippen molar-refractivity contribution >= 4 is 17.4 Å². The highest BCUT2D eigenvalue weighted by Crippen LogP contribution is 2.06. The molecule has 0 aliphatic heterocycles. The van der Waals surface area contributed by atoms with Gasteiger partial charge in [-0.1, -0.05) is 30.3 Å². The summed E-state index contributed by atoms with van der Waals surface area (Å²) >= 11 is 1.47. The Kier molecular flexibility index (Phi) is 4.72. The van der Waals surface area contributed by atoms with Crippen LogP contribution in [0.1, 0.15) is 10.4 Å². The van der Waals surface area contributed by atoms with Gasteiger partial charge in [0.2, 0.25) is 0 Å². The van der Waals surface area contributed by atoms with Gasteiger partial charge in [-0.25, -0.2) is 4.79 Å². The van der Waals surface area contributed by atoms with Crippen LogP contribution < -0.4 is 5.32 Å². The van der Waals surface area contributed by atoms with E-state index in [2.05, 4.69) is 10.3 Å². The molecule has 1 heterocycles. The third kappa shape index (κ3) is 4.18. The number of thiazole rings is 1. The number of benzene rings is 1. The van der Waals surface area contributed by atoms with Gasteiger partial charge < -0.3 is 10.1 Å². The van der Waals surface area contributed by atoms with Gasteiger partial charge in [-0.15, -0.1) is 11.3 Å². The summed E-state index contributed by atoms with van der Waals surface area (Å²) in [4.78, 5) is 16.2. The molecule has 0 spiro atoms. The van der Waals surface area contributed by atoms with Crippen LogP contribution in [-0.2, 0) is 17.8 Å². The van der Waals surface area contributed by atoms with E-state index in [9.17, 15) is 4.79 Å². The molecule has 0 bridgehead atoms.